The molecule has 370 valence electrons. The van der Waals surface area contributed by atoms with Gasteiger partial charge < -0.3 is 19.6 Å². The predicted octanol–water partition coefficient (Wildman–Crippen LogP) is 20.9. The van der Waals surface area contributed by atoms with Crippen LogP contribution in [0.15, 0.2) is 267 Å². The van der Waals surface area contributed by atoms with Crippen molar-refractivity contribution < 1.29 is 0 Å². The molecule has 11 aromatic carbocycles. The van der Waals surface area contributed by atoms with Crippen LogP contribution in [0.25, 0.3) is 31.3 Å². The van der Waals surface area contributed by atoms with Gasteiger partial charge in [-0.1, -0.05) is 161 Å². The quantitative estimate of drug-likeness (QED) is 0.143. The van der Waals surface area contributed by atoms with Gasteiger partial charge in [0.15, 0.2) is 0 Å². The minimum atomic E-state index is -0.259. The highest BCUT2D eigenvalue weighted by Crippen LogP contribution is 2.55. The van der Waals surface area contributed by atoms with Crippen molar-refractivity contribution in [2.24, 2.45) is 0 Å². The Labute approximate surface area is 455 Å². The van der Waals surface area contributed by atoms with Crippen LogP contribution in [-0.2, 0) is 10.8 Å². The molecule has 0 saturated heterocycles. The third-order valence-corrected chi connectivity index (χ3v) is 17.3. The van der Waals surface area contributed by atoms with E-state index in [1.807, 2.05) is 11.3 Å². The first-order chi connectivity index (χ1) is 37.7. The maximum absolute atomic E-state index is 2.44. The summed E-state index contributed by atoms with van der Waals surface area (Å²) < 4.78 is 2.59. The number of fused-ring (bicyclic) bond motifs is 7. The average Bonchev–Trinajstić information content (AvgIpc) is 3.94. The van der Waals surface area contributed by atoms with E-state index < -0.39 is 0 Å². The van der Waals surface area contributed by atoms with Gasteiger partial charge in [-0.3, -0.25) is 0 Å². The van der Waals surface area contributed by atoms with E-state index in [0.717, 1.165) is 56.6 Å². The van der Waals surface area contributed by atoms with E-state index >= 15 is 0 Å². The van der Waals surface area contributed by atoms with Crippen molar-refractivity contribution in [1.29, 1.82) is 0 Å². The van der Waals surface area contributed by atoms with Crippen LogP contribution in [0.5, 0.6) is 0 Å². The predicted molar refractivity (Wildman–Crippen MR) is 328 cm³/mol. The molecule has 0 saturated carbocycles. The first-order valence-electron chi connectivity index (χ1n) is 26.7. The molecule has 0 N–H and O–H groups in total. The van der Waals surface area contributed by atoms with Crippen molar-refractivity contribution in [3.8, 4) is 11.1 Å². The van der Waals surface area contributed by atoms with Crippen LogP contribution in [0, 0.1) is 0 Å². The number of anilines is 12. The molecule has 1 aromatic heterocycles. The lowest BCUT2D eigenvalue weighted by Gasteiger charge is -2.42. The van der Waals surface area contributed by atoms with Gasteiger partial charge in [-0.05, 0) is 167 Å². The van der Waals surface area contributed by atoms with E-state index in [0.29, 0.717) is 0 Å². The number of para-hydroxylation sites is 5. The lowest BCUT2D eigenvalue weighted by molar-refractivity contribution is 0.632. The average molecular weight is 1010 g/mol. The summed E-state index contributed by atoms with van der Waals surface area (Å²) in [6, 6.07) is 98.1. The molecule has 0 atom stereocenters. The van der Waals surface area contributed by atoms with Gasteiger partial charge >= 0.3 is 0 Å². The molecule has 5 heteroatoms. The van der Waals surface area contributed by atoms with Crippen LogP contribution in [0.3, 0.4) is 0 Å². The van der Waals surface area contributed by atoms with Crippen molar-refractivity contribution in [2.45, 2.75) is 38.5 Å². The summed E-state index contributed by atoms with van der Waals surface area (Å²) in [6.45, 7) is 9.46. The molecule has 12 aromatic rings. The summed E-state index contributed by atoms with van der Waals surface area (Å²) >= 11 is 1.86. The van der Waals surface area contributed by atoms with Crippen LogP contribution < -0.4 is 19.6 Å². The molecule has 0 unspecified atom stereocenters. The number of hydrogen-bond donors (Lipinski definition) is 0. The van der Waals surface area contributed by atoms with Gasteiger partial charge in [0, 0.05) is 76.5 Å². The summed E-state index contributed by atoms with van der Waals surface area (Å²) in [7, 11) is 0. The maximum atomic E-state index is 2.44. The summed E-state index contributed by atoms with van der Waals surface area (Å²) in [4.78, 5) is 9.68. The topological polar surface area (TPSA) is 13.0 Å². The molecule has 3 heterocycles. The van der Waals surface area contributed by atoms with Crippen molar-refractivity contribution in [3.63, 3.8) is 0 Å². The van der Waals surface area contributed by atoms with Crippen LogP contribution in [-0.4, -0.2) is 0 Å². The molecule has 0 radical (unpaired) electrons. The SMILES string of the molecule is CC1(C)c2ccccc2N(c2ccccc2)c2ccc(N(c3ccccc3)c3ccc(-c4ccc(N(c5ccc6c(c5)C(C)(C)c5ccccc5N6c5ccccc5)c5ccc6sc7ccccc7c6c5)cc4)cc3)cc21. The highest BCUT2D eigenvalue weighted by atomic mass is 32.1. The lowest BCUT2D eigenvalue weighted by Crippen LogP contribution is -2.30. The van der Waals surface area contributed by atoms with E-state index in [4.69, 9.17) is 0 Å². The van der Waals surface area contributed by atoms with Crippen molar-refractivity contribution in [1.82, 2.24) is 0 Å². The Balaban J connectivity index is 0.844. The fraction of sp³-hybridized carbons (Fsp3) is 0.0833. The third kappa shape index (κ3) is 7.72. The van der Waals surface area contributed by atoms with Crippen LogP contribution in [0.4, 0.5) is 68.2 Å². The molecule has 14 rings (SSSR count). The molecule has 77 heavy (non-hydrogen) atoms. The molecular formula is C72H56N4S. The zero-order chi connectivity index (χ0) is 51.8. The van der Waals surface area contributed by atoms with Crippen molar-refractivity contribution in [2.75, 3.05) is 19.6 Å². The summed E-state index contributed by atoms with van der Waals surface area (Å²) in [5.74, 6) is 0. The highest BCUT2D eigenvalue weighted by Gasteiger charge is 2.39. The standard InChI is InChI=1S/C72H56N4S/c1-71(2)61-27-15-17-29-65(61)75(52-22-10-6-11-23-52)67-43-40-57(47-63(67)71)73(51-20-8-5-9-21-51)54-36-32-49(33-37-54)50-34-38-55(39-35-50)74(56-42-45-70-60(46-56)59-26-14-19-31-69(59)77-70)58-41-44-68-64(48-58)72(3,4)62-28-16-18-30-66(62)76(68)53-24-12-7-13-25-53/h5-48H,1-4H3. The fourth-order valence-corrected chi connectivity index (χ4v) is 13.4. The Morgan fingerprint density at radius 2 is 0.649 bits per heavy atom. The maximum Gasteiger partial charge on any atom is 0.0504 e. The first-order valence-corrected chi connectivity index (χ1v) is 27.5. The Hall–Kier alpha value is -9.16. The molecule has 0 bridgehead atoms. The van der Waals surface area contributed by atoms with E-state index in [2.05, 4.69) is 314 Å². The van der Waals surface area contributed by atoms with Gasteiger partial charge in [0.1, 0.15) is 0 Å². The van der Waals surface area contributed by atoms with Gasteiger partial charge in [0.2, 0.25) is 0 Å². The molecule has 0 spiro atoms. The smallest absolute Gasteiger partial charge is 0.0504 e. The van der Waals surface area contributed by atoms with E-state index in [1.54, 1.807) is 0 Å². The van der Waals surface area contributed by atoms with Gasteiger partial charge in [0.25, 0.3) is 0 Å². The van der Waals surface area contributed by atoms with Gasteiger partial charge in [-0.2, -0.15) is 0 Å². The largest absolute Gasteiger partial charge is 0.310 e. The van der Waals surface area contributed by atoms with Crippen LogP contribution >= 0.6 is 11.3 Å². The zero-order valence-corrected chi connectivity index (χ0v) is 44.4. The fourth-order valence-electron chi connectivity index (χ4n) is 12.3. The van der Waals surface area contributed by atoms with Crippen LogP contribution in [0.2, 0.25) is 0 Å². The van der Waals surface area contributed by atoms with E-state index in [-0.39, 0.29) is 10.8 Å². The minimum absolute atomic E-state index is 0.238. The number of rotatable bonds is 9. The number of thiophene rings is 1. The monoisotopic (exact) mass is 1010 g/mol. The summed E-state index contributed by atoms with van der Waals surface area (Å²) in [5, 5.41) is 2.56. The normalized spacial score (nSPS) is 13.9. The number of hydrogen-bond acceptors (Lipinski definition) is 5. The van der Waals surface area contributed by atoms with Crippen molar-refractivity contribution >= 4 is 99.8 Å². The Morgan fingerprint density at radius 1 is 0.286 bits per heavy atom. The Bertz CT molecular complexity index is 4160. The van der Waals surface area contributed by atoms with Crippen molar-refractivity contribution in [3.05, 3.63) is 289 Å². The minimum Gasteiger partial charge on any atom is -0.310 e. The first kappa shape index (κ1) is 46.4. The third-order valence-electron chi connectivity index (χ3n) is 16.2. The van der Waals surface area contributed by atoms with Gasteiger partial charge in [-0.25, -0.2) is 0 Å². The van der Waals surface area contributed by atoms with Gasteiger partial charge in [-0.15, -0.1) is 11.3 Å². The lowest BCUT2D eigenvalue weighted by atomic mass is 9.73. The second-order valence-electron chi connectivity index (χ2n) is 21.4. The van der Waals surface area contributed by atoms with E-state index in [1.165, 1.54) is 65.2 Å². The molecule has 2 aliphatic rings. The Morgan fingerprint density at radius 3 is 1.17 bits per heavy atom. The molecular weight excluding hydrogens is 953 g/mol. The highest BCUT2D eigenvalue weighted by molar-refractivity contribution is 7.25. The van der Waals surface area contributed by atoms with Gasteiger partial charge in [0.05, 0.1) is 22.7 Å². The number of benzene rings is 11. The molecule has 0 aliphatic carbocycles. The summed E-state index contributed by atoms with van der Waals surface area (Å²) in [5.41, 5.74) is 20.8. The zero-order valence-electron chi connectivity index (χ0n) is 43.6. The molecule has 4 nitrogen and oxygen atoms in total. The molecule has 2 aliphatic heterocycles. The second kappa shape index (κ2) is 18.3. The molecule has 0 amide bonds. The second-order valence-corrected chi connectivity index (χ2v) is 22.5. The Kier molecular flexibility index (Phi) is 11.0. The number of nitrogens with zero attached hydrogens (tertiary/aromatic N) is 4. The molecule has 0 fully saturated rings. The van der Waals surface area contributed by atoms with E-state index in [9.17, 15) is 0 Å². The summed E-state index contributed by atoms with van der Waals surface area (Å²) in [6.07, 6.45) is 0. The van der Waals surface area contributed by atoms with Crippen LogP contribution in [0.1, 0.15) is 49.9 Å².